The van der Waals surface area contributed by atoms with Gasteiger partial charge in [-0.15, -0.1) is 0 Å². The first-order valence-corrected chi connectivity index (χ1v) is 6.68. The minimum atomic E-state index is 0.763. The van der Waals surface area contributed by atoms with E-state index in [1.807, 2.05) is 12.3 Å². The van der Waals surface area contributed by atoms with E-state index in [0.717, 1.165) is 44.6 Å². The van der Waals surface area contributed by atoms with Crippen LogP contribution in [0.15, 0.2) is 12.3 Å². The molecule has 0 radical (unpaired) electrons. The van der Waals surface area contributed by atoms with Crippen LogP contribution in [0.3, 0.4) is 0 Å². The second kappa shape index (κ2) is 6.54. The molecule has 2 heterocycles. The molecule has 0 spiro atoms. The zero-order chi connectivity index (χ0) is 12.8. The SMILES string of the molecule is CCCCN(C)c1ccnc(N2CCOCC2)n1. The molecule has 5 nitrogen and oxygen atoms in total. The average molecular weight is 250 g/mol. The maximum Gasteiger partial charge on any atom is 0.227 e. The highest BCUT2D eigenvalue weighted by molar-refractivity contribution is 5.43. The molecule has 1 saturated heterocycles. The molecule has 0 atom stereocenters. The maximum absolute atomic E-state index is 5.34. The van der Waals surface area contributed by atoms with Gasteiger partial charge < -0.3 is 14.5 Å². The lowest BCUT2D eigenvalue weighted by molar-refractivity contribution is 0.122. The number of hydrogen-bond acceptors (Lipinski definition) is 5. The van der Waals surface area contributed by atoms with Crippen molar-refractivity contribution in [3.8, 4) is 0 Å². The third-order valence-electron chi connectivity index (χ3n) is 3.16. The van der Waals surface area contributed by atoms with Crippen LogP contribution in [-0.4, -0.2) is 49.9 Å². The highest BCUT2D eigenvalue weighted by atomic mass is 16.5. The zero-order valence-electron chi connectivity index (χ0n) is 11.3. The van der Waals surface area contributed by atoms with Crippen molar-refractivity contribution in [2.24, 2.45) is 0 Å². The van der Waals surface area contributed by atoms with E-state index in [2.05, 4.69) is 33.7 Å². The van der Waals surface area contributed by atoms with Crippen molar-refractivity contribution in [2.75, 3.05) is 49.7 Å². The van der Waals surface area contributed by atoms with Gasteiger partial charge >= 0.3 is 0 Å². The van der Waals surface area contributed by atoms with Crippen LogP contribution in [0.2, 0.25) is 0 Å². The molecular formula is C13H22N4O. The molecule has 0 aliphatic carbocycles. The Balaban J connectivity index is 2.04. The van der Waals surface area contributed by atoms with Gasteiger partial charge in [0.2, 0.25) is 5.95 Å². The summed E-state index contributed by atoms with van der Waals surface area (Å²) in [5.41, 5.74) is 0. The van der Waals surface area contributed by atoms with E-state index in [4.69, 9.17) is 4.74 Å². The largest absolute Gasteiger partial charge is 0.378 e. The van der Waals surface area contributed by atoms with Crippen LogP contribution >= 0.6 is 0 Å². The van der Waals surface area contributed by atoms with Crippen molar-refractivity contribution >= 4 is 11.8 Å². The summed E-state index contributed by atoms with van der Waals surface area (Å²) in [5, 5.41) is 0. The first-order chi connectivity index (χ1) is 8.81. The molecule has 0 aromatic carbocycles. The topological polar surface area (TPSA) is 41.5 Å². The number of anilines is 2. The Morgan fingerprint density at radius 2 is 2.17 bits per heavy atom. The fourth-order valence-corrected chi connectivity index (χ4v) is 1.98. The highest BCUT2D eigenvalue weighted by Gasteiger charge is 2.14. The number of nitrogens with zero attached hydrogens (tertiary/aromatic N) is 4. The van der Waals surface area contributed by atoms with E-state index in [1.165, 1.54) is 12.8 Å². The molecule has 18 heavy (non-hydrogen) atoms. The second-order valence-electron chi connectivity index (χ2n) is 4.59. The van der Waals surface area contributed by atoms with E-state index >= 15 is 0 Å². The van der Waals surface area contributed by atoms with Crippen LogP contribution < -0.4 is 9.80 Å². The van der Waals surface area contributed by atoms with E-state index in [-0.39, 0.29) is 0 Å². The molecule has 100 valence electrons. The third-order valence-corrected chi connectivity index (χ3v) is 3.16. The van der Waals surface area contributed by atoms with Gasteiger partial charge in [0.05, 0.1) is 13.2 Å². The van der Waals surface area contributed by atoms with Gasteiger partial charge in [0.15, 0.2) is 0 Å². The first-order valence-electron chi connectivity index (χ1n) is 6.68. The van der Waals surface area contributed by atoms with Crippen molar-refractivity contribution in [3.63, 3.8) is 0 Å². The predicted molar refractivity (Wildman–Crippen MR) is 73.2 cm³/mol. The lowest BCUT2D eigenvalue weighted by atomic mass is 10.3. The Hall–Kier alpha value is -1.36. The molecule has 2 rings (SSSR count). The van der Waals surface area contributed by atoms with Gasteiger partial charge in [-0.3, -0.25) is 0 Å². The summed E-state index contributed by atoms with van der Waals surface area (Å²) in [6, 6.07) is 1.97. The molecule has 1 aliphatic heterocycles. The fourth-order valence-electron chi connectivity index (χ4n) is 1.98. The van der Waals surface area contributed by atoms with Crippen LogP contribution in [0.5, 0.6) is 0 Å². The Bertz CT molecular complexity index is 366. The van der Waals surface area contributed by atoms with E-state index in [9.17, 15) is 0 Å². The lowest BCUT2D eigenvalue weighted by Gasteiger charge is -2.27. The number of unbranched alkanes of at least 4 members (excludes halogenated alkanes) is 1. The molecule has 1 aromatic rings. The molecule has 5 heteroatoms. The molecule has 0 unspecified atom stereocenters. The van der Waals surface area contributed by atoms with Crippen molar-refractivity contribution < 1.29 is 4.74 Å². The van der Waals surface area contributed by atoms with Gasteiger partial charge in [0.1, 0.15) is 5.82 Å². The molecule has 0 amide bonds. The average Bonchev–Trinajstić information content (AvgIpc) is 2.46. The standard InChI is InChI=1S/C13H22N4O/c1-3-4-7-16(2)12-5-6-14-13(15-12)17-8-10-18-11-9-17/h5-6H,3-4,7-11H2,1-2H3. The van der Waals surface area contributed by atoms with Crippen molar-refractivity contribution in [2.45, 2.75) is 19.8 Å². The summed E-state index contributed by atoms with van der Waals surface area (Å²) in [7, 11) is 2.08. The fraction of sp³-hybridized carbons (Fsp3) is 0.692. The summed E-state index contributed by atoms with van der Waals surface area (Å²) in [4.78, 5) is 13.4. The number of morpholine rings is 1. The predicted octanol–water partition coefficient (Wildman–Crippen LogP) is 1.55. The van der Waals surface area contributed by atoms with E-state index in [1.54, 1.807) is 0 Å². The first kappa shape index (κ1) is 13.1. The third kappa shape index (κ3) is 3.32. The normalized spacial score (nSPS) is 15.8. The molecule has 1 fully saturated rings. The Morgan fingerprint density at radius 1 is 1.39 bits per heavy atom. The van der Waals surface area contributed by atoms with Crippen molar-refractivity contribution in [1.29, 1.82) is 0 Å². The minimum absolute atomic E-state index is 0.763. The number of hydrogen-bond donors (Lipinski definition) is 0. The molecule has 1 aromatic heterocycles. The molecule has 1 aliphatic rings. The van der Waals surface area contributed by atoms with Crippen molar-refractivity contribution in [1.82, 2.24) is 9.97 Å². The van der Waals surface area contributed by atoms with Crippen LogP contribution in [0.1, 0.15) is 19.8 Å². The smallest absolute Gasteiger partial charge is 0.227 e. The highest BCUT2D eigenvalue weighted by Crippen LogP contribution is 2.15. The van der Waals surface area contributed by atoms with Crippen LogP contribution in [0, 0.1) is 0 Å². The summed E-state index contributed by atoms with van der Waals surface area (Å²) < 4.78 is 5.34. The van der Waals surface area contributed by atoms with Crippen LogP contribution in [-0.2, 0) is 4.74 Å². The summed E-state index contributed by atoms with van der Waals surface area (Å²) in [5.74, 6) is 1.82. The van der Waals surface area contributed by atoms with Crippen molar-refractivity contribution in [3.05, 3.63) is 12.3 Å². The summed E-state index contributed by atoms with van der Waals surface area (Å²) in [6.45, 7) is 6.52. The van der Waals surface area contributed by atoms with Gasteiger partial charge in [-0.05, 0) is 12.5 Å². The number of rotatable bonds is 5. The Kier molecular flexibility index (Phi) is 4.75. The van der Waals surface area contributed by atoms with Gasteiger partial charge in [-0.25, -0.2) is 4.98 Å². The quantitative estimate of drug-likeness (QED) is 0.793. The number of ether oxygens (including phenoxy) is 1. The number of aromatic nitrogens is 2. The monoisotopic (exact) mass is 250 g/mol. The van der Waals surface area contributed by atoms with E-state index < -0.39 is 0 Å². The Labute approximate surface area is 109 Å². The summed E-state index contributed by atoms with van der Waals surface area (Å²) >= 11 is 0. The second-order valence-corrected chi connectivity index (χ2v) is 4.59. The molecular weight excluding hydrogens is 228 g/mol. The Morgan fingerprint density at radius 3 is 2.89 bits per heavy atom. The molecule has 0 bridgehead atoms. The van der Waals surface area contributed by atoms with Gasteiger partial charge in [0.25, 0.3) is 0 Å². The van der Waals surface area contributed by atoms with Crippen LogP contribution in [0.4, 0.5) is 11.8 Å². The molecule has 0 saturated carbocycles. The lowest BCUT2D eigenvalue weighted by Crippen LogP contribution is -2.37. The van der Waals surface area contributed by atoms with Crippen LogP contribution in [0.25, 0.3) is 0 Å². The maximum atomic E-state index is 5.34. The van der Waals surface area contributed by atoms with E-state index in [0.29, 0.717) is 0 Å². The van der Waals surface area contributed by atoms with Gasteiger partial charge in [0, 0.05) is 32.9 Å². The minimum Gasteiger partial charge on any atom is -0.378 e. The zero-order valence-corrected chi connectivity index (χ0v) is 11.3. The summed E-state index contributed by atoms with van der Waals surface area (Å²) in [6.07, 6.45) is 4.23. The molecule has 0 N–H and O–H groups in total. The van der Waals surface area contributed by atoms with Gasteiger partial charge in [-0.1, -0.05) is 13.3 Å². The van der Waals surface area contributed by atoms with Gasteiger partial charge in [-0.2, -0.15) is 4.98 Å².